The predicted octanol–water partition coefficient (Wildman–Crippen LogP) is 7.98. The molecule has 4 aliphatic rings. The Morgan fingerprint density at radius 1 is 1.00 bits per heavy atom. The number of hydrogen-bond donors (Lipinski definition) is 2. The number of aliphatic hydroxyl groups is 2. The summed E-state index contributed by atoms with van der Waals surface area (Å²) in [5.41, 5.74) is 1.47. The summed E-state index contributed by atoms with van der Waals surface area (Å²) in [5, 5.41) is 20.6. The van der Waals surface area contributed by atoms with Crippen LogP contribution in [0.15, 0.2) is 46.9 Å². The zero-order chi connectivity index (χ0) is 29.3. The van der Waals surface area contributed by atoms with Crippen LogP contribution in [0.1, 0.15) is 112 Å². The first kappa shape index (κ1) is 31.8. The van der Waals surface area contributed by atoms with E-state index in [4.69, 9.17) is 0 Å². The van der Waals surface area contributed by atoms with Crippen LogP contribution in [0, 0.1) is 40.4 Å². The molecule has 5 heteroatoms. The largest absolute Gasteiger partial charge is 0.393 e. The number of hydrogen-bond acceptors (Lipinski definition) is 4. The molecule has 0 amide bonds. The van der Waals surface area contributed by atoms with Gasteiger partial charge in [-0.05, 0) is 123 Å². The molecule has 0 heterocycles. The fraction of sp³-hybridized carbons (Fsp3) is 0.771. The first-order chi connectivity index (χ1) is 18.9. The number of sulfone groups is 1. The zero-order valence-corrected chi connectivity index (χ0v) is 26.8. The minimum atomic E-state index is -3.52. The molecule has 0 aromatic heterocycles. The lowest BCUT2D eigenvalue weighted by Crippen LogP contribution is -2.46. The van der Waals surface area contributed by atoms with Gasteiger partial charge in [-0.1, -0.05) is 71.4 Å². The van der Waals surface area contributed by atoms with Crippen molar-refractivity contribution in [3.63, 3.8) is 0 Å². The highest BCUT2D eigenvalue weighted by molar-refractivity contribution is 7.92. The van der Waals surface area contributed by atoms with E-state index >= 15 is 0 Å². The fourth-order valence-corrected chi connectivity index (χ4v) is 10.8. The van der Waals surface area contributed by atoms with Gasteiger partial charge in [0.25, 0.3) is 0 Å². The highest BCUT2D eigenvalue weighted by atomic mass is 32.2. The molecule has 2 N–H and O–H groups in total. The maximum absolute atomic E-state index is 13.8. The highest BCUT2D eigenvalue weighted by Crippen LogP contribution is 2.64. The minimum absolute atomic E-state index is 0.143. The summed E-state index contributed by atoms with van der Waals surface area (Å²) in [6.07, 6.45) is 12.7. The van der Waals surface area contributed by atoms with E-state index in [2.05, 4.69) is 13.0 Å². The number of fused-ring (bicyclic) bond motifs is 5. The first-order valence-corrected chi connectivity index (χ1v) is 17.8. The van der Waals surface area contributed by atoms with Crippen molar-refractivity contribution >= 4 is 9.84 Å². The molecule has 9 unspecified atom stereocenters. The lowest BCUT2D eigenvalue weighted by atomic mass is 9.51. The smallest absolute Gasteiger partial charge is 0.181 e. The van der Waals surface area contributed by atoms with Crippen molar-refractivity contribution < 1.29 is 18.6 Å². The standard InChI is InChI=1S/C33H50O4S.C2H6/c1-32(2,3)31(35)21-26(38(36,37)25-8-6-5-7-9-25)14-11-23-12-17-30-29-15-10-22-20-24(34)13-16-27(22)28(29)18-19-33(23,30)4;1-2/h5-10,23-24,26-31,34-35H,11-21H2,1-4H3;1-2H3. The van der Waals surface area contributed by atoms with E-state index in [1.54, 1.807) is 24.3 Å². The Morgan fingerprint density at radius 3 is 2.38 bits per heavy atom. The molecule has 4 nitrogen and oxygen atoms in total. The summed E-state index contributed by atoms with van der Waals surface area (Å²) in [7, 11) is -3.52. The third kappa shape index (κ3) is 6.27. The molecule has 3 saturated carbocycles. The Balaban J connectivity index is 0.00000181. The van der Waals surface area contributed by atoms with E-state index < -0.39 is 21.2 Å². The van der Waals surface area contributed by atoms with Gasteiger partial charge in [-0.3, -0.25) is 0 Å². The Kier molecular flexibility index (Phi) is 10.00. The molecule has 0 radical (unpaired) electrons. The van der Waals surface area contributed by atoms with E-state index in [9.17, 15) is 18.6 Å². The van der Waals surface area contributed by atoms with Crippen molar-refractivity contribution in [2.24, 2.45) is 40.4 Å². The van der Waals surface area contributed by atoms with Crippen LogP contribution in [-0.2, 0) is 9.84 Å². The predicted molar refractivity (Wildman–Crippen MR) is 165 cm³/mol. The Labute approximate surface area is 245 Å². The van der Waals surface area contributed by atoms with Crippen molar-refractivity contribution in [3.8, 4) is 0 Å². The van der Waals surface area contributed by atoms with Gasteiger partial charge in [-0.2, -0.15) is 0 Å². The van der Waals surface area contributed by atoms with Crippen LogP contribution >= 0.6 is 0 Å². The van der Waals surface area contributed by atoms with Crippen molar-refractivity contribution in [3.05, 3.63) is 42.0 Å². The van der Waals surface area contributed by atoms with Crippen molar-refractivity contribution in [1.29, 1.82) is 0 Å². The van der Waals surface area contributed by atoms with E-state index in [0.717, 1.165) is 43.4 Å². The molecule has 40 heavy (non-hydrogen) atoms. The van der Waals surface area contributed by atoms with E-state index in [1.807, 2.05) is 40.7 Å². The first-order valence-electron chi connectivity index (χ1n) is 16.2. The monoisotopic (exact) mass is 572 g/mol. The van der Waals surface area contributed by atoms with Gasteiger partial charge in [0.1, 0.15) is 0 Å². The SMILES string of the molecule is CC.CC(C)(C)C(O)CC(CCC1CCC2C3CC=C4CC(O)CCC4C3CCC12C)S(=O)(=O)c1ccccc1. The van der Waals surface area contributed by atoms with Crippen LogP contribution in [0.25, 0.3) is 0 Å². The summed E-state index contributed by atoms with van der Waals surface area (Å²) in [6, 6.07) is 8.85. The number of aliphatic hydroxyl groups excluding tert-OH is 2. The average Bonchev–Trinajstić information content (AvgIpc) is 3.27. The van der Waals surface area contributed by atoms with Crippen LogP contribution in [0.3, 0.4) is 0 Å². The van der Waals surface area contributed by atoms with Crippen LogP contribution < -0.4 is 0 Å². The van der Waals surface area contributed by atoms with Gasteiger partial charge in [-0.25, -0.2) is 8.42 Å². The average molecular weight is 573 g/mol. The molecular weight excluding hydrogens is 516 g/mol. The van der Waals surface area contributed by atoms with Gasteiger partial charge >= 0.3 is 0 Å². The Bertz CT molecular complexity index is 1100. The third-order valence-electron chi connectivity index (χ3n) is 11.4. The molecule has 4 aliphatic carbocycles. The highest BCUT2D eigenvalue weighted by Gasteiger charge is 2.55. The third-order valence-corrected chi connectivity index (χ3v) is 13.7. The van der Waals surface area contributed by atoms with E-state index in [-0.39, 0.29) is 16.9 Å². The number of allylic oxidation sites excluding steroid dienone is 1. The van der Waals surface area contributed by atoms with Crippen LogP contribution in [-0.4, -0.2) is 36.1 Å². The molecule has 0 bridgehead atoms. The molecule has 0 spiro atoms. The summed E-state index contributed by atoms with van der Waals surface area (Å²) in [5.74, 6) is 3.47. The lowest BCUT2D eigenvalue weighted by molar-refractivity contribution is -0.0202. The Morgan fingerprint density at radius 2 is 1.70 bits per heavy atom. The van der Waals surface area contributed by atoms with Gasteiger partial charge in [0.05, 0.1) is 22.4 Å². The second-order valence-electron chi connectivity index (χ2n) is 14.5. The summed E-state index contributed by atoms with van der Waals surface area (Å²) in [6.45, 7) is 12.5. The van der Waals surface area contributed by atoms with Gasteiger partial charge in [-0.15, -0.1) is 0 Å². The maximum atomic E-state index is 13.8. The molecule has 0 aliphatic heterocycles. The quantitative estimate of drug-likeness (QED) is 0.325. The van der Waals surface area contributed by atoms with Gasteiger partial charge < -0.3 is 10.2 Å². The van der Waals surface area contributed by atoms with Crippen molar-refractivity contribution in [1.82, 2.24) is 0 Å². The summed E-state index contributed by atoms with van der Waals surface area (Å²) in [4.78, 5) is 0.379. The number of benzene rings is 1. The molecule has 3 fully saturated rings. The Hall–Kier alpha value is -1.17. The maximum Gasteiger partial charge on any atom is 0.181 e. The minimum Gasteiger partial charge on any atom is -0.393 e. The molecule has 1 aromatic rings. The summed E-state index contributed by atoms with van der Waals surface area (Å²) >= 11 is 0. The molecule has 1 aromatic carbocycles. The second-order valence-corrected chi connectivity index (χ2v) is 16.7. The topological polar surface area (TPSA) is 74.6 Å². The van der Waals surface area contributed by atoms with Crippen LogP contribution in [0.5, 0.6) is 0 Å². The van der Waals surface area contributed by atoms with Crippen LogP contribution in [0.4, 0.5) is 0 Å². The summed E-state index contributed by atoms with van der Waals surface area (Å²) < 4.78 is 27.5. The molecule has 0 saturated heterocycles. The fourth-order valence-electron chi connectivity index (χ4n) is 9.02. The van der Waals surface area contributed by atoms with Gasteiger partial charge in [0.2, 0.25) is 0 Å². The van der Waals surface area contributed by atoms with Gasteiger partial charge in [0.15, 0.2) is 9.84 Å². The molecular formula is C35H56O4S. The zero-order valence-electron chi connectivity index (χ0n) is 26.0. The van der Waals surface area contributed by atoms with Gasteiger partial charge in [0, 0.05) is 0 Å². The molecule has 9 atom stereocenters. The van der Waals surface area contributed by atoms with E-state index in [0.29, 0.717) is 29.6 Å². The second kappa shape index (κ2) is 12.6. The molecule has 5 rings (SSSR count). The van der Waals surface area contributed by atoms with E-state index in [1.165, 1.54) is 37.7 Å². The van der Waals surface area contributed by atoms with Crippen molar-refractivity contribution in [2.75, 3.05) is 0 Å². The van der Waals surface area contributed by atoms with Crippen molar-refractivity contribution in [2.45, 2.75) is 135 Å². The lowest BCUT2D eigenvalue weighted by Gasteiger charge is -2.54. The normalized spacial score (nSPS) is 35.2. The molecule has 226 valence electrons. The number of rotatable bonds is 7. The van der Waals surface area contributed by atoms with Crippen LogP contribution in [0.2, 0.25) is 0 Å².